The summed E-state index contributed by atoms with van der Waals surface area (Å²) in [4.78, 5) is 0. The van der Waals surface area contributed by atoms with Crippen LogP contribution in [-0.2, 0) is 0 Å². The van der Waals surface area contributed by atoms with Gasteiger partial charge in [-0.2, -0.15) is 0 Å². The van der Waals surface area contributed by atoms with Gasteiger partial charge in [-0.15, -0.1) is 0 Å². The largest absolute Gasteiger partial charge is 0.0654 e. The molecule has 2 unspecified atom stereocenters. The molecule has 0 aromatic carbocycles. The summed E-state index contributed by atoms with van der Waals surface area (Å²) in [5.41, 5.74) is 0.596. The Morgan fingerprint density at radius 2 is 1.60 bits per heavy atom. The zero-order valence-electron chi connectivity index (χ0n) is 11.9. The van der Waals surface area contributed by atoms with Crippen molar-refractivity contribution in [3.63, 3.8) is 0 Å². The summed E-state index contributed by atoms with van der Waals surface area (Å²) in [6.07, 6.45) is 8.31. The van der Waals surface area contributed by atoms with Gasteiger partial charge in [0.05, 0.1) is 0 Å². The average molecular weight is 212 g/mol. The second-order valence-electron chi connectivity index (χ2n) is 6.00. The summed E-state index contributed by atoms with van der Waals surface area (Å²) in [6, 6.07) is 0. The minimum Gasteiger partial charge on any atom is -0.0654 e. The molecule has 0 aromatic heterocycles. The monoisotopic (exact) mass is 212 g/mol. The lowest BCUT2D eigenvalue weighted by Gasteiger charge is -2.35. The summed E-state index contributed by atoms with van der Waals surface area (Å²) >= 11 is 0. The fourth-order valence-electron chi connectivity index (χ4n) is 2.60. The first kappa shape index (κ1) is 15.0. The van der Waals surface area contributed by atoms with Crippen molar-refractivity contribution in [1.82, 2.24) is 0 Å². The minimum atomic E-state index is 0.596. The molecule has 0 spiro atoms. The maximum absolute atomic E-state index is 2.50. The second kappa shape index (κ2) is 7.30. The molecule has 0 saturated carbocycles. The maximum Gasteiger partial charge on any atom is -0.0300 e. The molecule has 0 aromatic rings. The van der Waals surface area contributed by atoms with Gasteiger partial charge in [0.2, 0.25) is 0 Å². The first-order valence-electron chi connectivity index (χ1n) is 6.96. The van der Waals surface area contributed by atoms with Crippen molar-refractivity contribution in [2.75, 3.05) is 0 Å². The lowest BCUT2D eigenvalue weighted by atomic mass is 9.70. The maximum atomic E-state index is 2.50. The normalized spacial score (nSPS) is 17.8. The summed E-state index contributed by atoms with van der Waals surface area (Å²) in [6.45, 7) is 14.3. The average Bonchev–Trinajstić information content (AvgIpc) is 2.16. The molecule has 92 valence electrons. The molecule has 2 atom stereocenters. The summed E-state index contributed by atoms with van der Waals surface area (Å²) in [7, 11) is 0. The molecule has 0 rings (SSSR count). The highest BCUT2D eigenvalue weighted by atomic mass is 14.3. The standard InChI is InChI=1S/C15H32/c1-7-11-15(6,14(5)8-2)12-9-10-13(3)4/h13-14H,7-12H2,1-6H3. The molecule has 0 aliphatic rings. The first-order valence-corrected chi connectivity index (χ1v) is 6.96. The molecule has 0 fully saturated rings. The third kappa shape index (κ3) is 5.58. The minimum absolute atomic E-state index is 0.596. The highest BCUT2D eigenvalue weighted by Crippen LogP contribution is 2.39. The molecular formula is C15H32. The lowest BCUT2D eigenvalue weighted by molar-refractivity contribution is 0.153. The van der Waals surface area contributed by atoms with Crippen molar-refractivity contribution in [1.29, 1.82) is 0 Å². The van der Waals surface area contributed by atoms with Gasteiger partial charge in [0, 0.05) is 0 Å². The van der Waals surface area contributed by atoms with Crippen molar-refractivity contribution < 1.29 is 0 Å². The van der Waals surface area contributed by atoms with E-state index in [-0.39, 0.29) is 0 Å². The van der Waals surface area contributed by atoms with Crippen LogP contribution in [0.1, 0.15) is 80.1 Å². The van der Waals surface area contributed by atoms with E-state index in [2.05, 4.69) is 41.5 Å². The summed E-state index contributed by atoms with van der Waals surface area (Å²) in [5, 5.41) is 0. The van der Waals surface area contributed by atoms with Crippen LogP contribution < -0.4 is 0 Å². The summed E-state index contributed by atoms with van der Waals surface area (Å²) in [5.74, 6) is 1.75. The van der Waals surface area contributed by atoms with Crippen molar-refractivity contribution in [2.24, 2.45) is 17.3 Å². The molecular weight excluding hydrogens is 180 g/mol. The van der Waals surface area contributed by atoms with E-state index in [9.17, 15) is 0 Å². The van der Waals surface area contributed by atoms with E-state index in [1.165, 1.54) is 38.5 Å². The van der Waals surface area contributed by atoms with E-state index in [4.69, 9.17) is 0 Å². The molecule has 0 heteroatoms. The third-order valence-electron chi connectivity index (χ3n) is 4.15. The van der Waals surface area contributed by atoms with E-state index in [1.54, 1.807) is 0 Å². The van der Waals surface area contributed by atoms with E-state index in [1.807, 2.05) is 0 Å². The van der Waals surface area contributed by atoms with Gasteiger partial charge < -0.3 is 0 Å². The van der Waals surface area contributed by atoms with Gasteiger partial charge >= 0.3 is 0 Å². The second-order valence-corrected chi connectivity index (χ2v) is 6.00. The molecule has 0 saturated heterocycles. The van der Waals surface area contributed by atoms with Gasteiger partial charge in [0.25, 0.3) is 0 Å². The molecule has 0 bridgehead atoms. The SMILES string of the molecule is CCCC(C)(CCCC(C)C)C(C)CC. The van der Waals surface area contributed by atoms with Crippen LogP contribution in [0.4, 0.5) is 0 Å². The molecule has 0 N–H and O–H groups in total. The molecule has 15 heavy (non-hydrogen) atoms. The summed E-state index contributed by atoms with van der Waals surface area (Å²) < 4.78 is 0. The number of hydrogen-bond donors (Lipinski definition) is 0. The van der Waals surface area contributed by atoms with Crippen LogP contribution in [0, 0.1) is 17.3 Å². The Labute approximate surface area is 97.8 Å². The quantitative estimate of drug-likeness (QED) is 0.486. The van der Waals surface area contributed by atoms with Gasteiger partial charge in [-0.05, 0) is 30.1 Å². The van der Waals surface area contributed by atoms with Crippen molar-refractivity contribution in [3.8, 4) is 0 Å². The number of hydrogen-bond acceptors (Lipinski definition) is 0. The molecule has 0 nitrogen and oxygen atoms in total. The van der Waals surface area contributed by atoms with E-state index in [0.717, 1.165) is 11.8 Å². The van der Waals surface area contributed by atoms with Crippen molar-refractivity contribution in [3.05, 3.63) is 0 Å². The fourth-order valence-corrected chi connectivity index (χ4v) is 2.60. The Kier molecular flexibility index (Phi) is 7.30. The van der Waals surface area contributed by atoms with Gasteiger partial charge in [-0.1, -0.05) is 67.2 Å². The van der Waals surface area contributed by atoms with E-state index < -0.39 is 0 Å². The Hall–Kier alpha value is 0. The van der Waals surface area contributed by atoms with Crippen LogP contribution in [0.15, 0.2) is 0 Å². The van der Waals surface area contributed by atoms with Crippen LogP contribution in [-0.4, -0.2) is 0 Å². The third-order valence-corrected chi connectivity index (χ3v) is 4.15. The molecule has 0 heterocycles. The smallest absolute Gasteiger partial charge is 0.0300 e. The van der Waals surface area contributed by atoms with Gasteiger partial charge in [0.1, 0.15) is 0 Å². The van der Waals surface area contributed by atoms with Gasteiger partial charge in [0.15, 0.2) is 0 Å². The van der Waals surface area contributed by atoms with E-state index >= 15 is 0 Å². The predicted molar refractivity (Wildman–Crippen MR) is 71.2 cm³/mol. The van der Waals surface area contributed by atoms with Gasteiger partial charge in [-0.25, -0.2) is 0 Å². The van der Waals surface area contributed by atoms with E-state index in [0.29, 0.717) is 5.41 Å². The van der Waals surface area contributed by atoms with Crippen molar-refractivity contribution >= 4 is 0 Å². The Morgan fingerprint density at radius 3 is 2.00 bits per heavy atom. The lowest BCUT2D eigenvalue weighted by Crippen LogP contribution is -2.25. The Morgan fingerprint density at radius 1 is 1.00 bits per heavy atom. The van der Waals surface area contributed by atoms with Crippen LogP contribution >= 0.6 is 0 Å². The fraction of sp³-hybridized carbons (Fsp3) is 1.00. The Balaban J connectivity index is 4.12. The first-order chi connectivity index (χ1) is 6.96. The highest BCUT2D eigenvalue weighted by molar-refractivity contribution is 4.79. The molecule has 0 aliphatic carbocycles. The predicted octanol–water partition coefficient (Wildman–Crippen LogP) is 5.67. The zero-order valence-corrected chi connectivity index (χ0v) is 11.9. The Bertz CT molecular complexity index is 148. The molecule has 0 amide bonds. The zero-order chi connectivity index (χ0) is 11.9. The van der Waals surface area contributed by atoms with Crippen LogP contribution in [0.25, 0.3) is 0 Å². The van der Waals surface area contributed by atoms with Crippen LogP contribution in [0.5, 0.6) is 0 Å². The highest BCUT2D eigenvalue weighted by Gasteiger charge is 2.28. The van der Waals surface area contributed by atoms with Crippen molar-refractivity contribution in [2.45, 2.75) is 80.1 Å². The molecule has 0 aliphatic heterocycles. The van der Waals surface area contributed by atoms with Gasteiger partial charge in [-0.3, -0.25) is 0 Å². The van der Waals surface area contributed by atoms with Crippen LogP contribution in [0.3, 0.4) is 0 Å². The number of rotatable bonds is 8. The van der Waals surface area contributed by atoms with Crippen LogP contribution in [0.2, 0.25) is 0 Å². The topological polar surface area (TPSA) is 0 Å². The molecule has 0 radical (unpaired) electrons.